The van der Waals surface area contributed by atoms with Gasteiger partial charge in [0.1, 0.15) is 0 Å². The van der Waals surface area contributed by atoms with Crippen LogP contribution in [-0.2, 0) is 0 Å². The Morgan fingerprint density at radius 2 is 2.15 bits per heavy atom. The molecule has 26 heavy (non-hydrogen) atoms. The van der Waals surface area contributed by atoms with Crippen LogP contribution in [0.5, 0.6) is 0 Å². The zero-order chi connectivity index (χ0) is 19.6. The van der Waals surface area contributed by atoms with Crippen LogP contribution in [0.3, 0.4) is 0 Å². The maximum atomic E-state index is 13.9. The number of rotatable bonds is 7. The summed E-state index contributed by atoms with van der Waals surface area (Å²) in [7, 11) is 0. The fraction of sp³-hybridized carbons (Fsp3) is 0.750. The average molecular weight is 362 g/mol. The van der Waals surface area contributed by atoms with E-state index in [9.17, 15) is 4.39 Å². The molecule has 0 bridgehead atoms. The van der Waals surface area contributed by atoms with Crippen molar-refractivity contribution in [2.75, 3.05) is 13.1 Å². The molecule has 1 heterocycles. The van der Waals surface area contributed by atoms with Crippen LogP contribution < -0.4 is 5.32 Å². The Kier molecular flexibility index (Phi) is 10.3. The summed E-state index contributed by atoms with van der Waals surface area (Å²) >= 11 is 0. The standard InChI is InChI=1S/C24H40FN/c1-7-9-10-11-21-13-12-19(3)23(16-24(5,6)14-8-2)22(15-20(4)25)18-26-17-21/h1,9-11,19-20,22-23,26H,8,12-18H2,2-6H3/b10-9-,21-11-. The molecule has 2 heteroatoms. The Hall–Kier alpha value is -1.07. The smallest absolute Gasteiger partial charge is 0.0976 e. The fourth-order valence-electron chi connectivity index (χ4n) is 4.59. The highest BCUT2D eigenvalue weighted by Gasteiger charge is 2.33. The molecule has 1 saturated heterocycles. The monoisotopic (exact) mass is 361 g/mol. The molecule has 0 aromatic heterocycles. The van der Waals surface area contributed by atoms with Crippen LogP contribution in [-0.4, -0.2) is 19.3 Å². The minimum atomic E-state index is -0.736. The van der Waals surface area contributed by atoms with Crippen molar-refractivity contribution in [1.29, 1.82) is 0 Å². The minimum Gasteiger partial charge on any atom is -0.313 e. The van der Waals surface area contributed by atoms with Gasteiger partial charge in [0.25, 0.3) is 0 Å². The van der Waals surface area contributed by atoms with Crippen LogP contribution in [0.25, 0.3) is 0 Å². The van der Waals surface area contributed by atoms with Gasteiger partial charge < -0.3 is 5.32 Å². The summed E-state index contributed by atoms with van der Waals surface area (Å²) in [5.74, 6) is 4.13. The van der Waals surface area contributed by atoms with E-state index >= 15 is 0 Å². The Balaban J connectivity index is 2.97. The van der Waals surface area contributed by atoms with Crippen molar-refractivity contribution in [3.63, 3.8) is 0 Å². The third-order valence-electron chi connectivity index (χ3n) is 5.88. The van der Waals surface area contributed by atoms with Gasteiger partial charge in [-0.3, -0.25) is 0 Å². The van der Waals surface area contributed by atoms with Crippen molar-refractivity contribution in [1.82, 2.24) is 5.32 Å². The van der Waals surface area contributed by atoms with E-state index in [4.69, 9.17) is 6.42 Å². The minimum absolute atomic E-state index is 0.327. The summed E-state index contributed by atoms with van der Waals surface area (Å²) in [5.41, 5.74) is 1.72. The summed E-state index contributed by atoms with van der Waals surface area (Å²) in [4.78, 5) is 0. The summed E-state index contributed by atoms with van der Waals surface area (Å²) in [5, 5.41) is 3.61. The van der Waals surface area contributed by atoms with Gasteiger partial charge in [-0.25, -0.2) is 4.39 Å². The first kappa shape index (κ1) is 23.0. The van der Waals surface area contributed by atoms with Crippen LogP contribution in [0.15, 0.2) is 23.8 Å². The second-order valence-electron chi connectivity index (χ2n) is 9.06. The fourth-order valence-corrected chi connectivity index (χ4v) is 4.59. The zero-order valence-corrected chi connectivity index (χ0v) is 17.7. The predicted octanol–water partition coefficient (Wildman–Crippen LogP) is 6.32. The summed E-state index contributed by atoms with van der Waals surface area (Å²) in [6.07, 6.45) is 17.0. The number of hydrogen-bond acceptors (Lipinski definition) is 1. The number of terminal acetylenes is 1. The lowest BCUT2D eigenvalue weighted by Crippen LogP contribution is -2.35. The van der Waals surface area contributed by atoms with E-state index in [0.717, 1.165) is 19.5 Å². The van der Waals surface area contributed by atoms with E-state index in [1.165, 1.54) is 31.3 Å². The van der Waals surface area contributed by atoms with Crippen LogP contribution in [0.1, 0.15) is 73.1 Å². The number of hydrogen-bond donors (Lipinski definition) is 1. The van der Waals surface area contributed by atoms with Gasteiger partial charge >= 0.3 is 0 Å². The van der Waals surface area contributed by atoms with Gasteiger partial charge in [-0.05, 0) is 74.8 Å². The Bertz CT molecular complexity index is 495. The lowest BCUT2D eigenvalue weighted by atomic mass is 9.68. The van der Waals surface area contributed by atoms with Gasteiger partial charge in [-0.2, -0.15) is 0 Å². The molecule has 1 N–H and O–H groups in total. The van der Waals surface area contributed by atoms with Gasteiger partial charge in [-0.1, -0.05) is 57.8 Å². The molecule has 4 unspecified atom stereocenters. The molecule has 4 atom stereocenters. The van der Waals surface area contributed by atoms with Gasteiger partial charge in [0.15, 0.2) is 0 Å². The molecule has 1 nitrogen and oxygen atoms in total. The Labute approximate surface area is 161 Å². The number of halogens is 1. The number of alkyl halides is 1. The number of allylic oxidation sites excluding steroid dienone is 3. The predicted molar refractivity (Wildman–Crippen MR) is 113 cm³/mol. The first-order valence-electron chi connectivity index (χ1n) is 10.4. The van der Waals surface area contributed by atoms with Crippen molar-refractivity contribution in [2.24, 2.45) is 23.2 Å². The maximum absolute atomic E-state index is 13.9. The van der Waals surface area contributed by atoms with Crippen molar-refractivity contribution in [2.45, 2.75) is 79.3 Å². The van der Waals surface area contributed by atoms with Crippen LogP contribution in [0.4, 0.5) is 4.39 Å². The van der Waals surface area contributed by atoms with E-state index in [0.29, 0.717) is 29.6 Å². The molecular weight excluding hydrogens is 321 g/mol. The van der Waals surface area contributed by atoms with E-state index in [1.54, 1.807) is 13.0 Å². The van der Waals surface area contributed by atoms with Crippen molar-refractivity contribution in [3.8, 4) is 12.3 Å². The highest BCUT2D eigenvalue weighted by Crippen LogP contribution is 2.41. The number of nitrogens with one attached hydrogen (secondary N) is 1. The summed E-state index contributed by atoms with van der Waals surface area (Å²) in [6, 6.07) is 0. The maximum Gasteiger partial charge on any atom is 0.0976 e. The van der Waals surface area contributed by atoms with Crippen LogP contribution in [0, 0.1) is 35.5 Å². The molecule has 1 fully saturated rings. The topological polar surface area (TPSA) is 12.0 Å². The summed E-state index contributed by atoms with van der Waals surface area (Å²) < 4.78 is 13.9. The molecule has 1 aliphatic heterocycles. The quantitative estimate of drug-likeness (QED) is 0.523. The largest absolute Gasteiger partial charge is 0.313 e. The zero-order valence-electron chi connectivity index (χ0n) is 17.7. The Morgan fingerprint density at radius 3 is 2.77 bits per heavy atom. The normalized spacial score (nSPS) is 28.3. The third kappa shape index (κ3) is 8.54. The van der Waals surface area contributed by atoms with Crippen molar-refractivity contribution >= 4 is 0 Å². The molecule has 1 rings (SSSR count). The summed E-state index contributed by atoms with van der Waals surface area (Å²) in [6.45, 7) is 12.9. The molecule has 0 radical (unpaired) electrons. The molecule has 148 valence electrons. The van der Waals surface area contributed by atoms with E-state index in [-0.39, 0.29) is 0 Å². The first-order valence-corrected chi connectivity index (χ1v) is 10.4. The van der Waals surface area contributed by atoms with Gasteiger partial charge in [0.2, 0.25) is 0 Å². The SMILES string of the molecule is C#C/C=C\C=C1\CCC(C)C(CC(C)(C)CCC)C(CC(C)F)CNC1. The highest BCUT2D eigenvalue weighted by atomic mass is 19.1. The van der Waals surface area contributed by atoms with Crippen molar-refractivity contribution < 1.29 is 4.39 Å². The van der Waals surface area contributed by atoms with Gasteiger partial charge in [0.05, 0.1) is 6.17 Å². The van der Waals surface area contributed by atoms with E-state index in [1.807, 2.05) is 6.08 Å². The first-order chi connectivity index (χ1) is 12.3. The average Bonchev–Trinajstić information content (AvgIpc) is 2.61. The second-order valence-corrected chi connectivity index (χ2v) is 9.06. The van der Waals surface area contributed by atoms with Crippen LogP contribution in [0.2, 0.25) is 0 Å². The van der Waals surface area contributed by atoms with Crippen molar-refractivity contribution in [3.05, 3.63) is 23.8 Å². The molecule has 0 saturated carbocycles. The molecule has 0 aliphatic carbocycles. The lowest BCUT2D eigenvalue weighted by Gasteiger charge is -2.38. The molecule has 1 aliphatic rings. The highest BCUT2D eigenvalue weighted by molar-refractivity contribution is 5.20. The molecule has 0 amide bonds. The Morgan fingerprint density at radius 1 is 1.42 bits per heavy atom. The lowest BCUT2D eigenvalue weighted by molar-refractivity contribution is 0.117. The van der Waals surface area contributed by atoms with Gasteiger partial charge in [-0.15, -0.1) is 6.42 Å². The molecule has 0 aromatic rings. The molecule has 0 aromatic carbocycles. The van der Waals surface area contributed by atoms with E-state index in [2.05, 4.69) is 45.0 Å². The third-order valence-corrected chi connectivity index (χ3v) is 5.88. The van der Waals surface area contributed by atoms with Gasteiger partial charge in [0, 0.05) is 6.54 Å². The van der Waals surface area contributed by atoms with E-state index < -0.39 is 6.17 Å². The van der Waals surface area contributed by atoms with Crippen LogP contribution >= 0.6 is 0 Å². The molecular formula is C24H40FN. The second kappa shape index (κ2) is 11.6. The molecule has 0 spiro atoms.